The molecule has 0 aromatic heterocycles. The molecule has 0 spiro atoms. The van der Waals surface area contributed by atoms with Gasteiger partial charge < -0.3 is 10.2 Å². The molecule has 0 fully saturated rings. The lowest BCUT2D eigenvalue weighted by atomic mass is 10.2. The second-order valence-corrected chi connectivity index (χ2v) is 7.64. The number of hydrogen-bond acceptors (Lipinski definition) is 3. The van der Waals surface area contributed by atoms with E-state index >= 15 is 0 Å². The van der Waals surface area contributed by atoms with Gasteiger partial charge >= 0.3 is 0 Å². The first-order valence-corrected chi connectivity index (χ1v) is 10.3. The maximum atomic E-state index is 12.1. The maximum absolute atomic E-state index is 12.1. The summed E-state index contributed by atoms with van der Waals surface area (Å²) in [7, 11) is -1.40. The van der Waals surface area contributed by atoms with Gasteiger partial charge in [-0.3, -0.25) is 4.99 Å². The van der Waals surface area contributed by atoms with Crippen molar-refractivity contribution >= 4 is 40.0 Å². The maximum Gasteiger partial charge on any atom is 0.213 e. The Morgan fingerprint density at radius 3 is 2.62 bits per heavy atom. The third kappa shape index (κ3) is 10.8. The number of sulfonamides is 1. The van der Waals surface area contributed by atoms with Crippen molar-refractivity contribution < 1.29 is 8.42 Å². The summed E-state index contributed by atoms with van der Waals surface area (Å²) in [5.74, 6) is 0.694. The second kappa shape index (κ2) is 14.0. The van der Waals surface area contributed by atoms with Gasteiger partial charge in [-0.15, -0.1) is 30.6 Å². The third-order valence-electron chi connectivity index (χ3n) is 3.56. The number of rotatable bonds is 11. The van der Waals surface area contributed by atoms with Crippen molar-refractivity contribution in [3.63, 3.8) is 0 Å². The predicted octanol–water partition coefficient (Wildman–Crippen LogP) is 2.59. The van der Waals surface area contributed by atoms with Gasteiger partial charge in [0.05, 0.1) is 12.3 Å². The minimum absolute atomic E-state index is 0. The van der Waals surface area contributed by atoms with Crippen molar-refractivity contribution in [3.05, 3.63) is 48.6 Å². The Hall–Kier alpha value is -1.13. The van der Waals surface area contributed by atoms with E-state index in [0.29, 0.717) is 6.54 Å². The molecule has 0 aliphatic heterocycles. The molecule has 0 aliphatic rings. The zero-order valence-electron chi connectivity index (χ0n) is 15.6. The Bertz CT molecular complexity index is 636. The fourth-order valence-corrected chi connectivity index (χ4v) is 3.04. The van der Waals surface area contributed by atoms with Gasteiger partial charge in [-0.25, -0.2) is 13.1 Å². The number of halogens is 1. The Morgan fingerprint density at radius 2 is 2.00 bits per heavy atom. The van der Waals surface area contributed by atoms with Gasteiger partial charge in [0.2, 0.25) is 10.0 Å². The summed E-state index contributed by atoms with van der Waals surface area (Å²) in [5.41, 5.74) is 0.935. The molecule has 0 bridgehead atoms. The number of aliphatic imine (C=N–C) groups is 1. The van der Waals surface area contributed by atoms with Crippen molar-refractivity contribution in [1.29, 1.82) is 0 Å². The Balaban J connectivity index is 0.00000625. The van der Waals surface area contributed by atoms with Gasteiger partial charge in [-0.05, 0) is 25.3 Å². The normalized spacial score (nSPS) is 11.5. The Morgan fingerprint density at radius 1 is 1.31 bits per heavy atom. The quantitative estimate of drug-likeness (QED) is 0.163. The molecule has 0 unspecified atom stereocenters. The standard InChI is InChI=1S/C18H30N4O2S.HI/c1-4-6-10-14-22(3)18(19-5-2)20-13-15-25(23,24)21-16-17-11-8-7-9-12-17;/h4,7-9,11-12,21H,1,5-6,10,13-16H2,2-3H3,(H,19,20);1H. The van der Waals surface area contributed by atoms with Crippen LogP contribution in [0.25, 0.3) is 0 Å². The molecule has 0 aliphatic carbocycles. The second-order valence-electron chi connectivity index (χ2n) is 5.71. The van der Waals surface area contributed by atoms with Gasteiger partial charge in [0.25, 0.3) is 0 Å². The SMILES string of the molecule is C=CCCCN(C)C(=NCCS(=O)(=O)NCc1ccccc1)NCC.I. The highest BCUT2D eigenvalue weighted by atomic mass is 127. The molecule has 26 heavy (non-hydrogen) atoms. The first kappa shape index (κ1) is 24.9. The fourth-order valence-electron chi connectivity index (χ4n) is 2.18. The minimum Gasteiger partial charge on any atom is -0.357 e. The van der Waals surface area contributed by atoms with Crippen LogP contribution in [0.1, 0.15) is 25.3 Å². The number of nitrogens with one attached hydrogen (secondary N) is 2. The van der Waals surface area contributed by atoms with E-state index in [9.17, 15) is 8.42 Å². The zero-order valence-corrected chi connectivity index (χ0v) is 18.8. The third-order valence-corrected chi connectivity index (χ3v) is 4.86. The van der Waals surface area contributed by atoms with Crippen molar-refractivity contribution in [2.45, 2.75) is 26.3 Å². The number of allylic oxidation sites excluding steroid dienone is 1. The van der Waals surface area contributed by atoms with Gasteiger partial charge in [-0.2, -0.15) is 0 Å². The molecule has 0 heterocycles. The predicted molar refractivity (Wildman–Crippen MR) is 121 cm³/mol. The Labute approximate surface area is 175 Å². The molecule has 8 heteroatoms. The van der Waals surface area contributed by atoms with Crippen LogP contribution < -0.4 is 10.0 Å². The summed E-state index contributed by atoms with van der Waals surface area (Å²) < 4.78 is 26.8. The molecule has 0 atom stereocenters. The summed E-state index contributed by atoms with van der Waals surface area (Å²) in [6, 6.07) is 9.46. The van der Waals surface area contributed by atoms with Crippen LogP contribution in [0.5, 0.6) is 0 Å². The van der Waals surface area contributed by atoms with Crippen LogP contribution in [-0.2, 0) is 16.6 Å². The van der Waals surface area contributed by atoms with E-state index in [1.165, 1.54) is 0 Å². The van der Waals surface area contributed by atoms with E-state index in [4.69, 9.17) is 0 Å². The summed E-state index contributed by atoms with van der Waals surface area (Å²) in [5, 5.41) is 3.19. The van der Waals surface area contributed by atoms with Gasteiger partial charge in [0.1, 0.15) is 0 Å². The highest BCUT2D eigenvalue weighted by Gasteiger charge is 2.10. The molecule has 2 N–H and O–H groups in total. The van der Waals surface area contributed by atoms with E-state index in [1.54, 1.807) is 0 Å². The number of benzene rings is 1. The monoisotopic (exact) mass is 494 g/mol. The van der Waals surface area contributed by atoms with Crippen LogP contribution in [0.15, 0.2) is 48.0 Å². The molecule has 148 valence electrons. The van der Waals surface area contributed by atoms with E-state index < -0.39 is 10.0 Å². The fraction of sp³-hybridized carbons (Fsp3) is 0.500. The molecule has 0 amide bonds. The lowest BCUT2D eigenvalue weighted by Crippen LogP contribution is -2.40. The summed E-state index contributed by atoms with van der Waals surface area (Å²) in [6.45, 7) is 7.81. The van der Waals surface area contributed by atoms with Crippen LogP contribution in [0.2, 0.25) is 0 Å². The molecule has 0 saturated carbocycles. The smallest absolute Gasteiger partial charge is 0.213 e. The molecule has 0 saturated heterocycles. The van der Waals surface area contributed by atoms with Crippen LogP contribution in [0.4, 0.5) is 0 Å². The van der Waals surface area contributed by atoms with E-state index in [-0.39, 0.29) is 36.3 Å². The van der Waals surface area contributed by atoms with Gasteiger partial charge in [0.15, 0.2) is 5.96 Å². The summed E-state index contributed by atoms with van der Waals surface area (Å²) >= 11 is 0. The van der Waals surface area contributed by atoms with E-state index in [0.717, 1.165) is 37.5 Å². The molecule has 1 aromatic carbocycles. The topological polar surface area (TPSA) is 73.8 Å². The van der Waals surface area contributed by atoms with Gasteiger partial charge in [0, 0.05) is 26.7 Å². The number of guanidine groups is 1. The first-order chi connectivity index (χ1) is 12.0. The van der Waals surface area contributed by atoms with Crippen molar-refractivity contribution in [2.24, 2.45) is 4.99 Å². The molecule has 0 radical (unpaired) electrons. The first-order valence-electron chi connectivity index (χ1n) is 8.60. The van der Waals surface area contributed by atoms with Crippen molar-refractivity contribution in [2.75, 3.05) is 32.4 Å². The summed E-state index contributed by atoms with van der Waals surface area (Å²) in [4.78, 5) is 6.43. The highest BCUT2D eigenvalue weighted by molar-refractivity contribution is 14.0. The van der Waals surface area contributed by atoms with Crippen molar-refractivity contribution in [1.82, 2.24) is 14.9 Å². The van der Waals surface area contributed by atoms with Crippen LogP contribution >= 0.6 is 24.0 Å². The van der Waals surface area contributed by atoms with E-state index in [2.05, 4.69) is 21.6 Å². The molecule has 1 aromatic rings. The molecule has 1 rings (SSSR count). The average molecular weight is 494 g/mol. The number of unbranched alkanes of at least 4 members (excludes halogenated alkanes) is 1. The Kier molecular flexibility index (Phi) is 13.4. The van der Waals surface area contributed by atoms with Crippen LogP contribution in [0, 0.1) is 0 Å². The zero-order chi connectivity index (χ0) is 18.5. The van der Waals surface area contributed by atoms with Gasteiger partial charge in [-0.1, -0.05) is 36.4 Å². The minimum atomic E-state index is -3.35. The van der Waals surface area contributed by atoms with E-state index in [1.807, 2.05) is 55.3 Å². The largest absolute Gasteiger partial charge is 0.357 e. The summed E-state index contributed by atoms with van der Waals surface area (Å²) in [6.07, 6.45) is 3.83. The number of hydrogen-bond donors (Lipinski definition) is 2. The molecule has 6 nitrogen and oxygen atoms in total. The lowest BCUT2D eigenvalue weighted by molar-refractivity contribution is 0.470. The van der Waals surface area contributed by atoms with Crippen LogP contribution in [-0.4, -0.2) is 51.7 Å². The average Bonchev–Trinajstić information content (AvgIpc) is 2.60. The molecular formula is C18H31IN4O2S. The molecular weight excluding hydrogens is 463 g/mol. The highest BCUT2D eigenvalue weighted by Crippen LogP contribution is 1.99. The van der Waals surface area contributed by atoms with Crippen molar-refractivity contribution in [3.8, 4) is 0 Å². The lowest BCUT2D eigenvalue weighted by Gasteiger charge is -2.21. The number of nitrogens with zero attached hydrogens (tertiary/aromatic N) is 2. The van der Waals surface area contributed by atoms with Crippen LogP contribution in [0.3, 0.4) is 0 Å².